The number of aromatic nitrogens is 1. The number of pyridine rings is 1. The van der Waals surface area contributed by atoms with Crippen LogP contribution in [0.5, 0.6) is 0 Å². The third kappa shape index (κ3) is 3.66. The molecular formula is C10H12BrF3N2. The predicted octanol–water partition coefficient (Wildman–Crippen LogP) is 3.62. The largest absolute Gasteiger partial charge is 0.405 e. The van der Waals surface area contributed by atoms with Crippen LogP contribution in [0.2, 0.25) is 0 Å². The second-order valence-corrected chi connectivity index (χ2v) is 4.50. The van der Waals surface area contributed by atoms with Gasteiger partial charge in [-0.25, -0.2) is 4.98 Å². The molecule has 1 aromatic rings. The van der Waals surface area contributed by atoms with Crippen molar-refractivity contribution < 1.29 is 13.2 Å². The van der Waals surface area contributed by atoms with E-state index in [0.29, 0.717) is 10.3 Å². The van der Waals surface area contributed by atoms with Crippen molar-refractivity contribution in [1.82, 2.24) is 4.98 Å². The van der Waals surface area contributed by atoms with Crippen molar-refractivity contribution in [2.75, 3.05) is 11.4 Å². The number of halogens is 4. The van der Waals surface area contributed by atoms with Crippen molar-refractivity contribution in [2.24, 2.45) is 0 Å². The summed E-state index contributed by atoms with van der Waals surface area (Å²) in [5.74, 6) is 0.315. The van der Waals surface area contributed by atoms with Gasteiger partial charge in [0.2, 0.25) is 0 Å². The van der Waals surface area contributed by atoms with Gasteiger partial charge in [0.1, 0.15) is 12.4 Å². The molecule has 0 fully saturated rings. The number of rotatable bonds is 3. The molecule has 6 heteroatoms. The minimum absolute atomic E-state index is 0.271. The van der Waals surface area contributed by atoms with Gasteiger partial charge < -0.3 is 4.90 Å². The summed E-state index contributed by atoms with van der Waals surface area (Å²) in [6.07, 6.45) is -2.76. The average Bonchev–Trinajstić information content (AvgIpc) is 2.13. The van der Waals surface area contributed by atoms with Crippen LogP contribution >= 0.6 is 15.9 Å². The maximum Gasteiger partial charge on any atom is 0.405 e. The van der Waals surface area contributed by atoms with Gasteiger partial charge in [0.25, 0.3) is 0 Å². The fourth-order valence-corrected chi connectivity index (χ4v) is 1.77. The molecule has 0 amide bonds. The van der Waals surface area contributed by atoms with Crippen LogP contribution in [0.25, 0.3) is 0 Å². The van der Waals surface area contributed by atoms with Crippen LogP contribution in [0.1, 0.15) is 13.8 Å². The lowest BCUT2D eigenvalue weighted by atomic mass is 10.3. The van der Waals surface area contributed by atoms with Crippen LogP contribution in [0.4, 0.5) is 19.0 Å². The highest BCUT2D eigenvalue weighted by Crippen LogP contribution is 2.28. The van der Waals surface area contributed by atoms with E-state index in [2.05, 4.69) is 20.9 Å². The molecule has 0 saturated carbocycles. The van der Waals surface area contributed by atoms with Gasteiger partial charge in [0.05, 0.1) is 4.47 Å². The molecule has 0 bridgehead atoms. The molecule has 0 atom stereocenters. The van der Waals surface area contributed by atoms with E-state index in [1.165, 1.54) is 11.1 Å². The summed E-state index contributed by atoms with van der Waals surface area (Å²) in [4.78, 5) is 5.18. The summed E-state index contributed by atoms with van der Waals surface area (Å²) in [6.45, 7) is 2.40. The maximum absolute atomic E-state index is 12.4. The van der Waals surface area contributed by atoms with Gasteiger partial charge in [-0.05, 0) is 41.9 Å². The van der Waals surface area contributed by atoms with Crippen molar-refractivity contribution in [2.45, 2.75) is 26.1 Å². The Hall–Kier alpha value is -0.780. The zero-order valence-corrected chi connectivity index (χ0v) is 10.5. The zero-order valence-electron chi connectivity index (χ0n) is 8.92. The van der Waals surface area contributed by atoms with Crippen molar-refractivity contribution in [3.63, 3.8) is 0 Å². The van der Waals surface area contributed by atoms with Crippen molar-refractivity contribution in [3.05, 3.63) is 22.8 Å². The number of nitrogens with zero attached hydrogens (tertiary/aromatic N) is 2. The predicted molar refractivity (Wildman–Crippen MR) is 60.5 cm³/mol. The fourth-order valence-electron chi connectivity index (χ4n) is 1.28. The lowest BCUT2D eigenvalue weighted by Crippen LogP contribution is -2.39. The summed E-state index contributed by atoms with van der Waals surface area (Å²) in [7, 11) is 0. The van der Waals surface area contributed by atoms with E-state index in [9.17, 15) is 13.2 Å². The third-order valence-electron chi connectivity index (χ3n) is 1.98. The van der Waals surface area contributed by atoms with Crippen LogP contribution < -0.4 is 4.90 Å². The van der Waals surface area contributed by atoms with Crippen LogP contribution in [0.15, 0.2) is 22.8 Å². The second kappa shape index (κ2) is 5.03. The Balaban J connectivity index is 2.99. The summed E-state index contributed by atoms with van der Waals surface area (Å²) >= 11 is 3.20. The van der Waals surface area contributed by atoms with Crippen LogP contribution in [-0.2, 0) is 0 Å². The van der Waals surface area contributed by atoms with E-state index in [-0.39, 0.29) is 6.04 Å². The Labute approximate surface area is 101 Å². The minimum Gasteiger partial charge on any atom is -0.344 e. The zero-order chi connectivity index (χ0) is 12.3. The van der Waals surface area contributed by atoms with Gasteiger partial charge in [-0.3, -0.25) is 0 Å². The third-order valence-corrected chi connectivity index (χ3v) is 2.60. The summed E-state index contributed by atoms with van der Waals surface area (Å²) in [5, 5.41) is 0. The number of anilines is 1. The van der Waals surface area contributed by atoms with Gasteiger partial charge in [0.15, 0.2) is 0 Å². The van der Waals surface area contributed by atoms with Gasteiger partial charge in [-0.1, -0.05) is 0 Å². The molecule has 0 aliphatic carbocycles. The topological polar surface area (TPSA) is 16.1 Å². The Morgan fingerprint density at radius 2 is 2.06 bits per heavy atom. The normalized spacial score (nSPS) is 11.9. The smallest absolute Gasteiger partial charge is 0.344 e. The Bertz CT molecular complexity index is 352. The lowest BCUT2D eigenvalue weighted by molar-refractivity contribution is -0.120. The molecule has 0 unspecified atom stereocenters. The summed E-state index contributed by atoms with van der Waals surface area (Å²) < 4.78 is 37.8. The molecule has 0 aromatic carbocycles. The molecular weight excluding hydrogens is 285 g/mol. The first kappa shape index (κ1) is 13.3. The average molecular weight is 297 g/mol. The number of hydrogen-bond acceptors (Lipinski definition) is 2. The first-order chi connectivity index (χ1) is 7.31. The highest BCUT2D eigenvalue weighted by molar-refractivity contribution is 9.10. The Morgan fingerprint density at radius 3 is 2.50 bits per heavy atom. The Morgan fingerprint density at radius 1 is 1.44 bits per heavy atom. The quantitative estimate of drug-likeness (QED) is 0.847. The molecule has 0 radical (unpaired) electrons. The van der Waals surface area contributed by atoms with Crippen molar-refractivity contribution >= 4 is 21.7 Å². The molecule has 0 spiro atoms. The highest BCUT2D eigenvalue weighted by atomic mass is 79.9. The van der Waals surface area contributed by atoms with Gasteiger partial charge in [-0.15, -0.1) is 0 Å². The Kier molecular flexibility index (Phi) is 4.18. The number of alkyl halides is 3. The molecule has 1 heterocycles. The molecule has 90 valence electrons. The monoisotopic (exact) mass is 296 g/mol. The van der Waals surface area contributed by atoms with E-state index in [1.54, 1.807) is 26.0 Å². The van der Waals surface area contributed by atoms with E-state index >= 15 is 0 Å². The maximum atomic E-state index is 12.4. The van der Waals surface area contributed by atoms with Gasteiger partial charge in [0, 0.05) is 12.2 Å². The van der Waals surface area contributed by atoms with E-state index in [0.717, 1.165) is 0 Å². The van der Waals surface area contributed by atoms with Crippen molar-refractivity contribution in [3.8, 4) is 0 Å². The van der Waals surface area contributed by atoms with Crippen LogP contribution in [0.3, 0.4) is 0 Å². The molecule has 0 aliphatic rings. The number of hydrogen-bond donors (Lipinski definition) is 0. The fraction of sp³-hybridized carbons (Fsp3) is 0.500. The molecule has 1 aromatic heterocycles. The minimum atomic E-state index is -4.23. The molecule has 2 nitrogen and oxygen atoms in total. The summed E-state index contributed by atoms with van der Waals surface area (Å²) in [5.41, 5.74) is 0. The van der Waals surface area contributed by atoms with Gasteiger partial charge >= 0.3 is 6.18 Å². The molecule has 0 saturated heterocycles. The lowest BCUT2D eigenvalue weighted by Gasteiger charge is -2.29. The molecule has 0 N–H and O–H groups in total. The first-order valence-electron chi connectivity index (χ1n) is 4.75. The summed E-state index contributed by atoms with van der Waals surface area (Å²) in [6, 6.07) is 3.07. The van der Waals surface area contributed by atoms with Crippen molar-refractivity contribution in [1.29, 1.82) is 0 Å². The first-order valence-corrected chi connectivity index (χ1v) is 5.54. The second-order valence-electron chi connectivity index (χ2n) is 3.65. The van der Waals surface area contributed by atoms with E-state index in [1.807, 2.05) is 0 Å². The van der Waals surface area contributed by atoms with Crippen LogP contribution in [-0.4, -0.2) is 23.7 Å². The van der Waals surface area contributed by atoms with Crippen LogP contribution in [0, 0.1) is 0 Å². The SMILES string of the molecule is CC(C)N(CC(F)(F)F)c1ncccc1Br. The highest BCUT2D eigenvalue weighted by Gasteiger charge is 2.33. The van der Waals surface area contributed by atoms with E-state index < -0.39 is 12.7 Å². The molecule has 1 rings (SSSR count). The molecule has 0 aliphatic heterocycles. The molecule has 16 heavy (non-hydrogen) atoms. The van der Waals surface area contributed by atoms with E-state index in [4.69, 9.17) is 0 Å². The van der Waals surface area contributed by atoms with Gasteiger partial charge in [-0.2, -0.15) is 13.2 Å². The standard InChI is InChI=1S/C10H12BrF3N2/c1-7(2)16(6-10(12,13)14)9-8(11)4-3-5-15-9/h3-5,7H,6H2,1-2H3.